The van der Waals surface area contributed by atoms with Crippen molar-refractivity contribution < 1.29 is 18.7 Å². The monoisotopic (exact) mass is 590 g/mol. The maximum Gasteiger partial charge on any atom is 0.119 e. The summed E-state index contributed by atoms with van der Waals surface area (Å²) >= 11 is 3.48. The van der Waals surface area contributed by atoms with Gasteiger partial charge in [-0.1, -0.05) is 75.5 Å². The highest BCUT2D eigenvalue weighted by molar-refractivity contribution is 9.09. The van der Waals surface area contributed by atoms with Crippen LogP contribution in [0.1, 0.15) is 77.8 Å². The number of likely N-dealkylation sites (N-methyl/N-ethyl adjacent to an activating group) is 1. The van der Waals surface area contributed by atoms with E-state index in [4.69, 9.17) is 14.2 Å². The molecule has 0 bridgehead atoms. The molecular formula is C33H53BrNO3+. The van der Waals surface area contributed by atoms with Crippen LogP contribution in [0.5, 0.6) is 11.5 Å². The summed E-state index contributed by atoms with van der Waals surface area (Å²) in [4.78, 5) is 0. The maximum atomic E-state index is 5.92. The van der Waals surface area contributed by atoms with Crippen molar-refractivity contribution in [2.24, 2.45) is 5.41 Å². The molecule has 0 aromatic heterocycles. The first-order valence-electron chi connectivity index (χ1n) is 14.3. The van der Waals surface area contributed by atoms with Gasteiger partial charge >= 0.3 is 0 Å². The highest BCUT2D eigenvalue weighted by Gasteiger charge is 2.27. The second-order valence-corrected chi connectivity index (χ2v) is 13.8. The minimum absolute atomic E-state index is 0.146. The number of nitrogens with zero attached hydrogens (tertiary/aromatic N) is 1. The van der Waals surface area contributed by atoms with Crippen LogP contribution in [0.15, 0.2) is 48.5 Å². The third-order valence-corrected chi connectivity index (χ3v) is 7.34. The predicted molar refractivity (Wildman–Crippen MR) is 165 cm³/mol. The second kappa shape index (κ2) is 15.9. The fourth-order valence-corrected chi connectivity index (χ4v) is 5.46. The van der Waals surface area contributed by atoms with Crippen molar-refractivity contribution in [1.29, 1.82) is 0 Å². The molecule has 0 saturated carbocycles. The smallest absolute Gasteiger partial charge is 0.119 e. The number of ether oxygens (including phenoxy) is 3. The molecule has 0 spiro atoms. The molecule has 2 aromatic carbocycles. The molecule has 0 aliphatic carbocycles. The van der Waals surface area contributed by atoms with Gasteiger partial charge in [-0.2, -0.15) is 0 Å². The molecule has 5 heteroatoms. The van der Waals surface area contributed by atoms with E-state index in [2.05, 4.69) is 113 Å². The molecule has 0 unspecified atom stereocenters. The number of halogens is 1. The molecule has 4 nitrogen and oxygen atoms in total. The molecule has 0 amide bonds. The van der Waals surface area contributed by atoms with E-state index in [-0.39, 0.29) is 5.41 Å². The van der Waals surface area contributed by atoms with E-state index < -0.39 is 0 Å². The van der Waals surface area contributed by atoms with Crippen molar-refractivity contribution >= 4 is 15.9 Å². The van der Waals surface area contributed by atoms with E-state index in [0.717, 1.165) is 53.9 Å². The lowest BCUT2D eigenvalue weighted by molar-refractivity contribution is -0.904. The summed E-state index contributed by atoms with van der Waals surface area (Å²) in [6.45, 7) is 16.1. The zero-order chi connectivity index (χ0) is 28.1. The zero-order valence-corrected chi connectivity index (χ0v) is 26.7. The van der Waals surface area contributed by atoms with E-state index in [0.29, 0.717) is 25.2 Å². The van der Waals surface area contributed by atoms with Crippen molar-refractivity contribution in [3.05, 3.63) is 59.7 Å². The Labute approximate surface area is 241 Å². The number of alkyl halides is 1. The van der Waals surface area contributed by atoms with Gasteiger partial charge in [0.1, 0.15) is 31.2 Å². The second-order valence-electron chi connectivity index (χ2n) is 13.0. The summed E-state index contributed by atoms with van der Waals surface area (Å²) in [5, 5.41) is 1.09. The molecule has 0 fully saturated rings. The minimum Gasteiger partial charge on any atom is -0.494 e. The molecule has 0 heterocycles. The Bertz CT molecular complexity index is 901. The maximum absolute atomic E-state index is 5.92. The Morgan fingerprint density at radius 1 is 0.684 bits per heavy atom. The first-order chi connectivity index (χ1) is 17.9. The van der Waals surface area contributed by atoms with Gasteiger partial charge in [0, 0.05) is 10.9 Å². The van der Waals surface area contributed by atoms with Crippen LogP contribution in [0.4, 0.5) is 0 Å². The topological polar surface area (TPSA) is 27.7 Å². The molecule has 0 atom stereocenters. The van der Waals surface area contributed by atoms with Crippen LogP contribution in [-0.2, 0) is 16.7 Å². The van der Waals surface area contributed by atoms with E-state index in [9.17, 15) is 0 Å². The molecule has 2 rings (SSSR count). The average Bonchev–Trinajstić information content (AvgIpc) is 2.83. The molecule has 0 aliphatic heterocycles. The van der Waals surface area contributed by atoms with Crippen LogP contribution >= 0.6 is 15.9 Å². The molecule has 0 saturated heterocycles. The SMILES string of the molecule is CC(C)(C)CC(C)(C)c1ccc(OCCOCC[N+](C)(C)Cc2ccc(OCCCCCCBr)cc2)cc1. The molecule has 0 aliphatic rings. The Balaban J connectivity index is 1.63. The standard InChI is InChI=1S/C33H53BrNO3/c1-32(2,3)27-33(4,5)29-14-18-31(19-15-29)38-25-24-36-23-21-35(6,7)26-28-12-16-30(17-13-28)37-22-11-9-8-10-20-34/h12-19H,8-11,20-27H2,1-7H3/q+1. The quantitative estimate of drug-likeness (QED) is 0.0990. The highest BCUT2D eigenvalue weighted by Crippen LogP contribution is 2.36. The van der Waals surface area contributed by atoms with Crippen LogP contribution in [-0.4, -0.2) is 56.9 Å². The number of quaternary nitrogens is 1. The van der Waals surface area contributed by atoms with Crippen molar-refractivity contribution in [1.82, 2.24) is 0 Å². The van der Waals surface area contributed by atoms with Crippen LogP contribution in [0.3, 0.4) is 0 Å². The number of benzene rings is 2. The van der Waals surface area contributed by atoms with Crippen LogP contribution < -0.4 is 9.47 Å². The Morgan fingerprint density at radius 2 is 1.26 bits per heavy atom. The minimum atomic E-state index is 0.146. The summed E-state index contributed by atoms with van der Waals surface area (Å²) in [5.74, 6) is 1.87. The zero-order valence-electron chi connectivity index (χ0n) is 25.2. The van der Waals surface area contributed by atoms with E-state index in [1.807, 2.05) is 0 Å². The van der Waals surface area contributed by atoms with Gasteiger partial charge in [0.05, 0.1) is 33.9 Å². The molecule has 214 valence electrons. The molecule has 0 radical (unpaired) electrons. The summed E-state index contributed by atoms with van der Waals surface area (Å²) in [5.41, 5.74) is 3.12. The fraction of sp³-hybridized carbons (Fsp3) is 0.636. The first kappa shape index (κ1) is 32.7. The average molecular weight is 592 g/mol. The van der Waals surface area contributed by atoms with Gasteiger partial charge in [-0.25, -0.2) is 0 Å². The van der Waals surface area contributed by atoms with Crippen molar-refractivity contribution in [3.8, 4) is 11.5 Å². The fourth-order valence-electron chi connectivity index (χ4n) is 5.07. The third kappa shape index (κ3) is 13.5. The summed E-state index contributed by atoms with van der Waals surface area (Å²) in [6, 6.07) is 17.1. The Kier molecular flexibility index (Phi) is 13.6. The first-order valence-corrected chi connectivity index (χ1v) is 15.4. The highest BCUT2D eigenvalue weighted by atomic mass is 79.9. The number of hydrogen-bond acceptors (Lipinski definition) is 3. The predicted octanol–water partition coefficient (Wildman–Crippen LogP) is 8.41. The van der Waals surface area contributed by atoms with Gasteiger partial charge in [0.25, 0.3) is 0 Å². The molecule has 38 heavy (non-hydrogen) atoms. The van der Waals surface area contributed by atoms with Crippen LogP contribution in [0.2, 0.25) is 0 Å². The summed E-state index contributed by atoms with van der Waals surface area (Å²) < 4.78 is 18.6. The summed E-state index contributed by atoms with van der Waals surface area (Å²) in [7, 11) is 4.50. The largest absolute Gasteiger partial charge is 0.494 e. The lowest BCUT2D eigenvalue weighted by Gasteiger charge is -2.33. The van der Waals surface area contributed by atoms with Crippen molar-refractivity contribution in [2.45, 2.75) is 78.7 Å². The van der Waals surface area contributed by atoms with Gasteiger partial charge in [-0.3, -0.25) is 0 Å². The lowest BCUT2D eigenvalue weighted by Crippen LogP contribution is -2.41. The van der Waals surface area contributed by atoms with Crippen molar-refractivity contribution in [2.75, 3.05) is 52.4 Å². The van der Waals surface area contributed by atoms with Crippen molar-refractivity contribution in [3.63, 3.8) is 0 Å². The Hall–Kier alpha value is -1.56. The number of unbranched alkanes of at least 4 members (excludes halogenated alkanes) is 3. The van der Waals surface area contributed by atoms with Gasteiger partial charge in [0.2, 0.25) is 0 Å². The summed E-state index contributed by atoms with van der Waals surface area (Å²) in [6.07, 6.45) is 5.99. The number of rotatable bonds is 18. The van der Waals surface area contributed by atoms with Crippen LogP contribution in [0, 0.1) is 5.41 Å². The van der Waals surface area contributed by atoms with E-state index in [1.54, 1.807) is 0 Å². The number of hydrogen-bond donors (Lipinski definition) is 0. The van der Waals surface area contributed by atoms with Gasteiger partial charge in [-0.05, 0) is 72.1 Å². The van der Waals surface area contributed by atoms with E-state index in [1.165, 1.54) is 30.4 Å². The van der Waals surface area contributed by atoms with Crippen LogP contribution in [0.25, 0.3) is 0 Å². The van der Waals surface area contributed by atoms with Gasteiger partial charge < -0.3 is 18.7 Å². The third-order valence-electron chi connectivity index (χ3n) is 6.78. The molecule has 2 aromatic rings. The van der Waals surface area contributed by atoms with Gasteiger partial charge in [-0.15, -0.1) is 0 Å². The van der Waals surface area contributed by atoms with Gasteiger partial charge in [0.15, 0.2) is 0 Å². The Morgan fingerprint density at radius 3 is 1.87 bits per heavy atom. The lowest BCUT2D eigenvalue weighted by atomic mass is 9.72. The molecule has 0 N–H and O–H groups in total. The normalized spacial score (nSPS) is 12.5. The molecular weight excluding hydrogens is 538 g/mol. The van der Waals surface area contributed by atoms with E-state index >= 15 is 0 Å².